The van der Waals surface area contributed by atoms with Gasteiger partial charge in [-0.2, -0.15) is 0 Å². The normalized spacial score (nSPS) is 19.7. The van der Waals surface area contributed by atoms with Crippen LogP contribution in [0.2, 0.25) is 29.2 Å². The van der Waals surface area contributed by atoms with Gasteiger partial charge in [-0.05, 0) is 35.1 Å². The molecule has 0 bridgehead atoms. The van der Waals surface area contributed by atoms with Gasteiger partial charge in [0.05, 0.1) is 0 Å². The zero-order chi connectivity index (χ0) is 20.1. The second kappa shape index (κ2) is 10.2. The molecule has 0 aliphatic carbocycles. The van der Waals surface area contributed by atoms with Gasteiger partial charge in [0.1, 0.15) is 8.24 Å². The first kappa shape index (κ1) is 24.3. The molecular weight excluding hydrogens is 356 g/mol. The van der Waals surface area contributed by atoms with E-state index in [1.54, 1.807) is 14.2 Å². The van der Waals surface area contributed by atoms with Crippen LogP contribution in [0.15, 0.2) is 0 Å². The molecule has 1 atom stereocenters. The Kier molecular flexibility index (Phi) is 9.51. The van der Waals surface area contributed by atoms with Crippen molar-refractivity contribution in [2.75, 3.05) is 46.9 Å². The molecule has 6 heteroatoms. The summed E-state index contributed by atoms with van der Waals surface area (Å²) in [4.78, 5) is 2.67. The average Bonchev–Trinajstić information content (AvgIpc) is 2.55. The lowest BCUT2D eigenvalue weighted by Gasteiger charge is -2.54. The topological polar surface area (TPSA) is 24.9 Å². The van der Waals surface area contributed by atoms with E-state index in [-0.39, 0.29) is 0 Å². The predicted octanol–water partition coefficient (Wildman–Crippen LogP) is 4.78. The number of rotatable bonds is 10. The van der Waals surface area contributed by atoms with Gasteiger partial charge in [0.15, 0.2) is 0 Å². The van der Waals surface area contributed by atoms with E-state index in [1.165, 1.54) is 32.7 Å². The average molecular weight is 403 g/mol. The summed E-state index contributed by atoms with van der Waals surface area (Å²) in [6.07, 6.45) is 0. The van der Waals surface area contributed by atoms with Gasteiger partial charge < -0.3 is 18.3 Å². The molecule has 0 saturated carbocycles. The van der Waals surface area contributed by atoms with E-state index in [1.807, 2.05) is 0 Å². The van der Waals surface area contributed by atoms with Crippen LogP contribution in [-0.2, 0) is 8.85 Å². The predicted molar refractivity (Wildman–Crippen MR) is 119 cm³/mol. The smallest absolute Gasteiger partial charge is 0.334 e. The van der Waals surface area contributed by atoms with E-state index in [9.17, 15) is 0 Å². The van der Waals surface area contributed by atoms with Crippen LogP contribution in [0.5, 0.6) is 0 Å². The summed E-state index contributed by atoms with van der Waals surface area (Å²) in [6, 6.07) is 1.07. The Morgan fingerprint density at radius 3 is 1.54 bits per heavy atom. The van der Waals surface area contributed by atoms with E-state index in [4.69, 9.17) is 8.85 Å². The first-order valence-corrected chi connectivity index (χ1v) is 15.3. The van der Waals surface area contributed by atoms with E-state index in [0.717, 1.165) is 22.7 Å². The Morgan fingerprint density at radius 2 is 1.19 bits per heavy atom. The van der Waals surface area contributed by atoms with E-state index < -0.39 is 16.8 Å². The highest BCUT2D eigenvalue weighted by atomic mass is 28.4. The molecule has 1 saturated heterocycles. The van der Waals surface area contributed by atoms with Gasteiger partial charge in [-0.15, -0.1) is 0 Å². The summed E-state index contributed by atoms with van der Waals surface area (Å²) in [5, 5.41) is 0. The molecule has 0 N–H and O–H groups in total. The molecule has 0 aromatic heterocycles. The van der Waals surface area contributed by atoms with Crippen molar-refractivity contribution in [2.24, 2.45) is 5.92 Å². The van der Waals surface area contributed by atoms with Crippen molar-refractivity contribution < 1.29 is 8.85 Å². The molecule has 0 aromatic rings. The van der Waals surface area contributed by atoms with Crippen LogP contribution in [0.1, 0.15) is 48.5 Å². The molecule has 1 fully saturated rings. The number of hydrogen-bond acceptors (Lipinski definition) is 4. The summed E-state index contributed by atoms with van der Waals surface area (Å²) in [6.45, 7) is 25.5. The van der Waals surface area contributed by atoms with Crippen LogP contribution >= 0.6 is 0 Å². The zero-order valence-electron chi connectivity index (χ0n) is 19.3. The first-order chi connectivity index (χ1) is 12.0. The minimum absolute atomic E-state index is 0.625. The molecular formula is C20H46N2O2Si2. The van der Waals surface area contributed by atoms with Gasteiger partial charge in [-0.25, -0.2) is 0 Å². The lowest BCUT2D eigenvalue weighted by Crippen LogP contribution is -2.65. The summed E-state index contributed by atoms with van der Waals surface area (Å²) in [5.74, 6) is 0.625. The van der Waals surface area contributed by atoms with Gasteiger partial charge in [0, 0.05) is 46.9 Å². The van der Waals surface area contributed by atoms with Crippen molar-refractivity contribution in [3.8, 4) is 0 Å². The quantitative estimate of drug-likeness (QED) is 0.491. The third kappa shape index (κ3) is 5.42. The van der Waals surface area contributed by atoms with Crippen LogP contribution in [0.3, 0.4) is 0 Å². The molecule has 1 unspecified atom stereocenters. The Morgan fingerprint density at radius 1 is 0.769 bits per heavy atom. The first-order valence-electron chi connectivity index (χ1n) is 10.6. The molecule has 1 heterocycles. The van der Waals surface area contributed by atoms with Gasteiger partial charge in [0.25, 0.3) is 0 Å². The van der Waals surface area contributed by atoms with Crippen LogP contribution < -0.4 is 0 Å². The van der Waals surface area contributed by atoms with Crippen molar-refractivity contribution in [1.29, 1.82) is 0 Å². The van der Waals surface area contributed by atoms with Crippen LogP contribution in [0.25, 0.3) is 0 Å². The third-order valence-corrected chi connectivity index (χ3v) is 17.1. The Labute approximate surface area is 166 Å². The van der Waals surface area contributed by atoms with Crippen LogP contribution in [0, 0.1) is 5.92 Å². The minimum atomic E-state index is -1.96. The molecule has 1 aliphatic heterocycles. The maximum Gasteiger partial charge on any atom is 0.334 e. The van der Waals surface area contributed by atoms with Gasteiger partial charge in [0.2, 0.25) is 0 Å². The molecule has 0 aromatic carbocycles. The van der Waals surface area contributed by atoms with Crippen molar-refractivity contribution in [3.63, 3.8) is 0 Å². The standard InChI is InChI=1S/C20H46N2O2Si2/c1-17(2)26(18(3)4,19(5)6)22-13-11-21(12-14-22)15-20(7)16-25(10,23-8)24-9/h17-20H,11-16H2,1-10H3. The number of piperazine rings is 1. The van der Waals surface area contributed by atoms with Gasteiger partial charge in [-0.3, -0.25) is 0 Å². The van der Waals surface area contributed by atoms with Crippen molar-refractivity contribution in [1.82, 2.24) is 9.47 Å². The summed E-state index contributed by atoms with van der Waals surface area (Å²) < 4.78 is 14.3. The number of hydrogen-bond donors (Lipinski definition) is 0. The highest BCUT2D eigenvalue weighted by Gasteiger charge is 2.48. The highest BCUT2D eigenvalue weighted by molar-refractivity contribution is 6.81. The Balaban J connectivity index is 2.68. The lowest BCUT2D eigenvalue weighted by atomic mass is 10.2. The van der Waals surface area contributed by atoms with Crippen LogP contribution in [0.4, 0.5) is 0 Å². The van der Waals surface area contributed by atoms with Crippen molar-refractivity contribution in [3.05, 3.63) is 0 Å². The molecule has 1 rings (SSSR count). The second-order valence-electron chi connectivity index (χ2n) is 9.49. The molecule has 4 nitrogen and oxygen atoms in total. The van der Waals surface area contributed by atoms with Crippen LogP contribution in [-0.4, -0.2) is 73.2 Å². The van der Waals surface area contributed by atoms with Crippen molar-refractivity contribution in [2.45, 2.75) is 77.7 Å². The molecule has 0 amide bonds. The fraction of sp³-hybridized carbons (Fsp3) is 1.00. The highest BCUT2D eigenvalue weighted by Crippen LogP contribution is 2.44. The minimum Gasteiger partial charge on any atom is -0.398 e. The van der Waals surface area contributed by atoms with Gasteiger partial charge >= 0.3 is 8.56 Å². The summed E-state index contributed by atoms with van der Waals surface area (Å²) >= 11 is 0. The molecule has 0 spiro atoms. The molecule has 26 heavy (non-hydrogen) atoms. The largest absolute Gasteiger partial charge is 0.398 e. The van der Waals surface area contributed by atoms with E-state index >= 15 is 0 Å². The fourth-order valence-corrected chi connectivity index (χ4v) is 14.9. The fourth-order valence-electron chi connectivity index (χ4n) is 5.80. The molecule has 156 valence electrons. The lowest BCUT2D eigenvalue weighted by molar-refractivity contribution is 0.157. The van der Waals surface area contributed by atoms with Crippen molar-refractivity contribution >= 4 is 16.8 Å². The number of nitrogens with zero attached hydrogens (tertiary/aromatic N) is 2. The van der Waals surface area contributed by atoms with Gasteiger partial charge in [-0.1, -0.05) is 48.5 Å². The Bertz CT molecular complexity index is 385. The Hall–Kier alpha value is 0.274. The van der Waals surface area contributed by atoms with E-state index in [2.05, 4.69) is 64.5 Å². The third-order valence-electron chi connectivity index (χ3n) is 6.85. The maximum atomic E-state index is 5.68. The molecule has 0 radical (unpaired) electrons. The summed E-state index contributed by atoms with van der Waals surface area (Å²) in [5.41, 5.74) is 2.43. The van der Waals surface area contributed by atoms with E-state index in [0.29, 0.717) is 5.92 Å². The molecule has 1 aliphatic rings. The zero-order valence-corrected chi connectivity index (χ0v) is 21.3. The summed E-state index contributed by atoms with van der Waals surface area (Å²) in [7, 11) is 0.166. The SMILES string of the molecule is CO[Si](C)(CC(C)CN1CCN([Si](C(C)C)(C(C)C)C(C)C)CC1)OC. The monoisotopic (exact) mass is 402 g/mol. The second-order valence-corrected chi connectivity index (χ2v) is 18.9. The maximum absolute atomic E-state index is 5.68.